The topological polar surface area (TPSA) is 44.8 Å². The molecule has 0 radical (unpaired) electrons. The van der Waals surface area contributed by atoms with Crippen LogP contribution in [-0.2, 0) is 25.6 Å². The predicted molar refractivity (Wildman–Crippen MR) is 78.0 cm³/mol. The number of carbonyl (C=O) groups excluding carboxylic acids is 1. The van der Waals surface area contributed by atoms with Crippen molar-refractivity contribution in [1.29, 1.82) is 0 Å². The summed E-state index contributed by atoms with van der Waals surface area (Å²) < 4.78 is 15.4. The first-order valence-electron chi connectivity index (χ1n) is 6.71. The summed E-state index contributed by atoms with van der Waals surface area (Å²) in [5, 5.41) is 0. The van der Waals surface area contributed by atoms with E-state index in [1.165, 1.54) is 20.5 Å². The first-order valence-corrected chi connectivity index (χ1v) is 6.71. The minimum Gasteiger partial charge on any atom is -0.503 e. The SMILES string of the molecule is CCCCOCc1ccccc1/C(=C/OC)C(=O)OC. The smallest absolute Gasteiger partial charge is 0.341 e. The molecule has 0 bridgehead atoms. The fraction of sp³-hybridized carbons (Fsp3) is 0.438. The highest BCUT2D eigenvalue weighted by Gasteiger charge is 2.16. The molecular formula is C16H22O4. The Morgan fingerprint density at radius 3 is 2.65 bits per heavy atom. The van der Waals surface area contributed by atoms with Gasteiger partial charge in [0, 0.05) is 6.61 Å². The lowest BCUT2D eigenvalue weighted by Crippen LogP contribution is -2.07. The van der Waals surface area contributed by atoms with E-state index < -0.39 is 5.97 Å². The van der Waals surface area contributed by atoms with Crippen LogP contribution in [0.2, 0.25) is 0 Å². The van der Waals surface area contributed by atoms with Gasteiger partial charge in [-0.15, -0.1) is 0 Å². The van der Waals surface area contributed by atoms with Crippen molar-refractivity contribution in [3.05, 3.63) is 41.7 Å². The molecule has 0 N–H and O–H groups in total. The Kier molecular flexibility index (Phi) is 7.43. The molecule has 0 atom stereocenters. The number of carbonyl (C=O) groups is 1. The van der Waals surface area contributed by atoms with Gasteiger partial charge in [0.1, 0.15) is 5.57 Å². The Hall–Kier alpha value is -1.81. The van der Waals surface area contributed by atoms with Crippen LogP contribution in [0.5, 0.6) is 0 Å². The minimum atomic E-state index is -0.423. The molecule has 0 unspecified atom stereocenters. The zero-order valence-corrected chi connectivity index (χ0v) is 12.3. The lowest BCUT2D eigenvalue weighted by molar-refractivity contribution is -0.133. The Balaban J connectivity index is 2.92. The van der Waals surface area contributed by atoms with Crippen molar-refractivity contribution >= 4 is 11.5 Å². The standard InChI is InChI=1S/C16H22O4/c1-4-5-10-20-11-13-8-6-7-9-14(13)15(12-18-2)16(17)19-3/h6-9,12H,4-5,10-11H2,1-3H3/b15-12-. The van der Waals surface area contributed by atoms with Crippen molar-refractivity contribution in [2.75, 3.05) is 20.8 Å². The molecule has 0 amide bonds. The van der Waals surface area contributed by atoms with Gasteiger partial charge >= 0.3 is 5.97 Å². The largest absolute Gasteiger partial charge is 0.503 e. The van der Waals surface area contributed by atoms with Crippen LogP contribution < -0.4 is 0 Å². The quantitative estimate of drug-likeness (QED) is 0.317. The monoisotopic (exact) mass is 278 g/mol. The highest BCUT2D eigenvalue weighted by Crippen LogP contribution is 2.21. The second-order valence-corrected chi connectivity index (χ2v) is 4.32. The molecule has 0 saturated heterocycles. The summed E-state index contributed by atoms with van der Waals surface area (Å²) in [7, 11) is 2.86. The van der Waals surface area contributed by atoms with E-state index >= 15 is 0 Å². The van der Waals surface area contributed by atoms with Crippen LogP contribution in [-0.4, -0.2) is 26.8 Å². The summed E-state index contributed by atoms with van der Waals surface area (Å²) in [5.74, 6) is -0.423. The van der Waals surface area contributed by atoms with E-state index in [0.717, 1.165) is 24.0 Å². The van der Waals surface area contributed by atoms with Crippen molar-refractivity contribution in [2.24, 2.45) is 0 Å². The van der Waals surface area contributed by atoms with Gasteiger partial charge in [0.15, 0.2) is 0 Å². The fourth-order valence-electron chi connectivity index (χ4n) is 1.79. The van der Waals surface area contributed by atoms with Gasteiger partial charge in [-0.05, 0) is 17.5 Å². The summed E-state index contributed by atoms with van der Waals surface area (Å²) >= 11 is 0. The molecule has 110 valence electrons. The Labute approximate surface area is 120 Å². The lowest BCUT2D eigenvalue weighted by atomic mass is 10.0. The van der Waals surface area contributed by atoms with Crippen molar-refractivity contribution in [3.63, 3.8) is 0 Å². The van der Waals surface area contributed by atoms with Crippen LogP contribution in [0.3, 0.4) is 0 Å². The van der Waals surface area contributed by atoms with Crippen molar-refractivity contribution in [3.8, 4) is 0 Å². The zero-order chi connectivity index (χ0) is 14.8. The number of methoxy groups -OCH3 is 2. The summed E-state index contributed by atoms with van der Waals surface area (Å²) in [5.41, 5.74) is 2.11. The minimum absolute atomic E-state index is 0.393. The maximum absolute atomic E-state index is 11.8. The van der Waals surface area contributed by atoms with Crippen molar-refractivity contribution in [1.82, 2.24) is 0 Å². The second kappa shape index (κ2) is 9.15. The number of hydrogen-bond donors (Lipinski definition) is 0. The van der Waals surface area contributed by atoms with Crippen LogP contribution in [0.25, 0.3) is 5.57 Å². The van der Waals surface area contributed by atoms with Gasteiger partial charge in [-0.25, -0.2) is 4.79 Å². The molecule has 0 heterocycles. The number of ether oxygens (including phenoxy) is 3. The number of hydrogen-bond acceptors (Lipinski definition) is 4. The summed E-state index contributed by atoms with van der Waals surface area (Å²) in [6.07, 6.45) is 3.52. The molecule has 20 heavy (non-hydrogen) atoms. The molecule has 0 aliphatic carbocycles. The summed E-state index contributed by atoms with van der Waals surface area (Å²) in [6, 6.07) is 7.59. The molecular weight excluding hydrogens is 256 g/mol. The average Bonchev–Trinajstić information content (AvgIpc) is 2.49. The lowest BCUT2D eigenvalue weighted by Gasteiger charge is -2.11. The van der Waals surface area contributed by atoms with E-state index in [0.29, 0.717) is 18.8 Å². The van der Waals surface area contributed by atoms with Crippen LogP contribution in [0.15, 0.2) is 30.5 Å². The fourth-order valence-corrected chi connectivity index (χ4v) is 1.79. The number of benzene rings is 1. The summed E-state index contributed by atoms with van der Waals surface area (Å²) in [6.45, 7) is 3.30. The zero-order valence-electron chi connectivity index (χ0n) is 12.3. The van der Waals surface area contributed by atoms with Crippen LogP contribution in [0.1, 0.15) is 30.9 Å². The highest BCUT2D eigenvalue weighted by atomic mass is 16.5. The molecule has 0 aliphatic rings. The molecule has 0 aromatic heterocycles. The predicted octanol–water partition coefficient (Wildman–Crippen LogP) is 3.16. The molecule has 0 saturated carbocycles. The normalized spacial score (nSPS) is 11.2. The van der Waals surface area contributed by atoms with Gasteiger partial charge in [-0.2, -0.15) is 0 Å². The van der Waals surface area contributed by atoms with E-state index in [4.69, 9.17) is 14.2 Å². The molecule has 0 spiro atoms. The third-order valence-corrected chi connectivity index (χ3v) is 2.85. The van der Waals surface area contributed by atoms with Gasteiger partial charge in [0.25, 0.3) is 0 Å². The third kappa shape index (κ3) is 4.70. The van der Waals surface area contributed by atoms with E-state index in [1.807, 2.05) is 24.3 Å². The first kappa shape index (κ1) is 16.2. The van der Waals surface area contributed by atoms with Gasteiger partial charge in [-0.1, -0.05) is 37.6 Å². The Bertz CT molecular complexity index is 452. The van der Waals surface area contributed by atoms with Crippen LogP contribution in [0, 0.1) is 0 Å². The number of esters is 1. The molecule has 1 aromatic carbocycles. The molecule has 1 aromatic rings. The maximum atomic E-state index is 11.8. The van der Waals surface area contributed by atoms with Gasteiger partial charge in [-0.3, -0.25) is 0 Å². The highest BCUT2D eigenvalue weighted by molar-refractivity contribution is 6.16. The van der Waals surface area contributed by atoms with Crippen molar-refractivity contribution < 1.29 is 19.0 Å². The molecule has 0 aliphatic heterocycles. The van der Waals surface area contributed by atoms with Gasteiger partial charge in [0.05, 0.1) is 27.1 Å². The van der Waals surface area contributed by atoms with Gasteiger partial charge in [0.2, 0.25) is 0 Å². The van der Waals surface area contributed by atoms with E-state index in [9.17, 15) is 4.79 Å². The van der Waals surface area contributed by atoms with E-state index in [-0.39, 0.29) is 0 Å². The first-order chi connectivity index (χ1) is 9.74. The van der Waals surface area contributed by atoms with Crippen molar-refractivity contribution in [2.45, 2.75) is 26.4 Å². The molecule has 0 fully saturated rings. The Morgan fingerprint density at radius 1 is 1.25 bits per heavy atom. The molecule has 1 rings (SSSR count). The van der Waals surface area contributed by atoms with Gasteiger partial charge < -0.3 is 14.2 Å². The number of unbranched alkanes of at least 4 members (excludes halogenated alkanes) is 1. The summed E-state index contributed by atoms with van der Waals surface area (Å²) in [4.78, 5) is 11.8. The van der Waals surface area contributed by atoms with Crippen LogP contribution >= 0.6 is 0 Å². The van der Waals surface area contributed by atoms with E-state index in [2.05, 4.69) is 6.92 Å². The molecule has 4 heteroatoms. The van der Waals surface area contributed by atoms with Crippen LogP contribution in [0.4, 0.5) is 0 Å². The third-order valence-electron chi connectivity index (χ3n) is 2.85. The van der Waals surface area contributed by atoms with E-state index in [1.54, 1.807) is 0 Å². The second-order valence-electron chi connectivity index (χ2n) is 4.32. The Morgan fingerprint density at radius 2 is 2.00 bits per heavy atom. The maximum Gasteiger partial charge on any atom is 0.341 e. The molecule has 4 nitrogen and oxygen atoms in total. The number of rotatable bonds is 8. The average molecular weight is 278 g/mol.